The highest BCUT2D eigenvalue weighted by atomic mass is 16.5. The van der Waals surface area contributed by atoms with Crippen molar-refractivity contribution in [2.75, 3.05) is 6.61 Å². The van der Waals surface area contributed by atoms with E-state index in [4.69, 9.17) is 9.84 Å². The fourth-order valence-electron chi connectivity index (χ4n) is 1.11. The number of aromatic carboxylic acids is 1. The molecule has 0 saturated carbocycles. The Bertz CT molecular complexity index is 411. The van der Waals surface area contributed by atoms with E-state index in [1.807, 2.05) is 6.92 Å². The lowest BCUT2D eigenvalue weighted by molar-refractivity contribution is 0.0502. The van der Waals surface area contributed by atoms with E-state index < -0.39 is 11.9 Å². The SMILES string of the molecule is CCCOC(=O)c1cc(C(=O)O)ccc1O. The Morgan fingerprint density at radius 3 is 2.62 bits per heavy atom. The molecular weight excluding hydrogens is 212 g/mol. The van der Waals surface area contributed by atoms with Crippen molar-refractivity contribution < 1.29 is 24.5 Å². The van der Waals surface area contributed by atoms with Gasteiger partial charge in [-0.05, 0) is 24.6 Å². The minimum Gasteiger partial charge on any atom is -0.507 e. The van der Waals surface area contributed by atoms with Gasteiger partial charge in [0.05, 0.1) is 12.2 Å². The number of carboxylic acids is 1. The Labute approximate surface area is 92.3 Å². The standard InChI is InChI=1S/C11H12O5/c1-2-5-16-11(15)8-6-7(10(13)14)3-4-9(8)12/h3-4,6,12H,2,5H2,1H3,(H,13,14). The lowest BCUT2D eigenvalue weighted by Crippen LogP contribution is -2.08. The molecule has 16 heavy (non-hydrogen) atoms. The van der Waals surface area contributed by atoms with E-state index in [0.717, 1.165) is 12.1 Å². The molecule has 0 aliphatic carbocycles. The number of hydrogen-bond donors (Lipinski definition) is 2. The van der Waals surface area contributed by atoms with Crippen LogP contribution in [0.3, 0.4) is 0 Å². The number of hydrogen-bond acceptors (Lipinski definition) is 4. The first-order chi connectivity index (χ1) is 7.56. The number of esters is 1. The molecule has 0 heterocycles. The van der Waals surface area contributed by atoms with E-state index in [0.29, 0.717) is 6.42 Å². The van der Waals surface area contributed by atoms with E-state index in [9.17, 15) is 14.7 Å². The molecule has 0 saturated heterocycles. The molecule has 0 bridgehead atoms. The second-order valence-electron chi connectivity index (χ2n) is 3.17. The highest BCUT2D eigenvalue weighted by Gasteiger charge is 2.15. The van der Waals surface area contributed by atoms with E-state index in [2.05, 4.69) is 0 Å². The number of ether oxygens (including phenoxy) is 1. The van der Waals surface area contributed by atoms with Gasteiger partial charge in [0, 0.05) is 0 Å². The van der Waals surface area contributed by atoms with E-state index in [1.54, 1.807) is 0 Å². The van der Waals surface area contributed by atoms with Crippen LogP contribution in [-0.2, 0) is 4.74 Å². The zero-order chi connectivity index (χ0) is 12.1. The summed E-state index contributed by atoms with van der Waals surface area (Å²) >= 11 is 0. The summed E-state index contributed by atoms with van der Waals surface area (Å²) in [4.78, 5) is 22.1. The normalized spacial score (nSPS) is 9.81. The van der Waals surface area contributed by atoms with Crippen LogP contribution < -0.4 is 0 Å². The minimum absolute atomic E-state index is 0.0683. The van der Waals surface area contributed by atoms with Crippen LogP contribution in [0, 0.1) is 0 Å². The summed E-state index contributed by atoms with van der Waals surface area (Å²) in [7, 11) is 0. The van der Waals surface area contributed by atoms with Crippen molar-refractivity contribution in [3.05, 3.63) is 29.3 Å². The molecule has 0 fully saturated rings. The number of aromatic hydroxyl groups is 1. The summed E-state index contributed by atoms with van der Waals surface area (Å²) in [5, 5.41) is 18.1. The van der Waals surface area contributed by atoms with Crippen molar-refractivity contribution in [1.82, 2.24) is 0 Å². The van der Waals surface area contributed by atoms with Gasteiger partial charge in [0.2, 0.25) is 0 Å². The zero-order valence-corrected chi connectivity index (χ0v) is 8.77. The summed E-state index contributed by atoms with van der Waals surface area (Å²) in [6, 6.07) is 3.47. The molecule has 0 aliphatic rings. The zero-order valence-electron chi connectivity index (χ0n) is 8.77. The second kappa shape index (κ2) is 5.16. The lowest BCUT2D eigenvalue weighted by Gasteiger charge is -2.05. The Morgan fingerprint density at radius 2 is 2.06 bits per heavy atom. The van der Waals surface area contributed by atoms with Crippen LogP contribution in [0.5, 0.6) is 5.75 Å². The largest absolute Gasteiger partial charge is 0.507 e. The van der Waals surface area contributed by atoms with E-state index in [-0.39, 0.29) is 23.5 Å². The molecule has 5 nitrogen and oxygen atoms in total. The first-order valence-corrected chi connectivity index (χ1v) is 4.79. The number of phenolic OH excluding ortho intramolecular Hbond substituents is 1. The molecule has 0 radical (unpaired) electrons. The molecule has 2 N–H and O–H groups in total. The fourth-order valence-corrected chi connectivity index (χ4v) is 1.11. The highest BCUT2D eigenvalue weighted by Crippen LogP contribution is 2.19. The van der Waals surface area contributed by atoms with Crippen molar-refractivity contribution in [2.24, 2.45) is 0 Å². The Morgan fingerprint density at radius 1 is 1.38 bits per heavy atom. The quantitative estimate of drug-likeness (QED) is 0.760. The maximum Gasteiger partial charge on any atom is 0.341 e. The number of carboxylic acid groups (broad SMARTS) is 1. The molecule has 1 rings (SSSR count). The molecule has 0 spiro atoms. The van der Waals surface area contributed by atoms with Gasteiger partial charge in [-0.25, -0.2) is 9.59 Å². The molecule has 0 unspecified atom stereocenters. The van der Waals surface area contributed by atoms with Gasteiger partial charge in [0.1, 0.15) is 11.3 Å². The molecule has 1 aromatic rings. The predicted molar refractivity (Wildman–Crippen MR) is 55.6 cm³/mol. The average molecular weight is 224 g/mol. The Hall–Kier alpha value is -2.04. The minimum atomic E-state index is -1.16. The molecule has 0 atom stereocenters. The number of carbonyl (C=O) groups is 2. The van der Waals surface area contributed by atoms with Gasteiger partial charge in [-0.3, -0.25) is 0 Å². The van der Waals surface area contributed by atoms with Crippen LogP contribution in [0.4, 0.5) is 0 Å². The van der Waals surface area contributed by atoms with Crippen molar-refractivity contribution >= 4 is 11.9 Å². The molecular formula is C11H12O5. The summed E-state index contributed by atoms with van der Waals surface area (Å²) in [5.41, 5.74) is -0.199. The van der Waals surface area contributed by atoms with Crippen LogP contribution >= 0.6 is 0 Å². The van der Waals surface area contributed by atoms with Crippen LogP contribution in [0.2, 0.25) is 0 Å². The lowest BCUT2D eigenvalue weighted by atomic mass is 10.1. The Balaban J connectivity index is 2.97. The van der Waals surface area contributed by atoms with Crippen LogP contribution in [0.15, 0.2) is 18.2 Å². The van der Waals surface area contributed by atoms with Crippen LogP contribution in [0.25, 0.3) is 0 Å². The molecule has 1 aromatic carbocycles. The molecule has 86 valence electrons. The first kappa shape index (κ1) is 12.0. The van der Waals surface area contributed by atoms with Gasteiger partial charge in [0.15, 0.2) is 0 Å². The molecule has 0 aliphatic heterocycles. The maximum atomic E-state index is 11.4. The van der Waals surface area contributed by atoms with Gasteiger partial charge in [-0.1, -0.05) is 6.92 Å². The average Bonchev–Trinajstić information content (AvgIpc) is 2.26. The molecule has 0 amide bonds. The topological polar surface area (TPSA) is 83.8 Å². The molecule has 0 aromatic heterocycles. The summed E-state index contributed by atoms with van der Waals surface area (Å²) in [6.07, 6.45) is 0.658. The highest BCUT2D eigenvalue weighted by molar-refractivity contribution is 5.96. The van der Waals surface area contributed by atoms with Gasteiger partial charge in [-0.2, -0.15) is 0 Å². The number of phenols is 1. The molecule has 5 heteroatoms. The maximum absolute atomic E-state index is 11.4. The first-order valence-electron chi connectivity index (χ1n) is 4.79. The van der Waals surface area contributed by atoms with E-state index >= 15 is 0 Å². The van der Waals surface area contributed by atoms with E-state index in [1.165, 1.54) is 6.07 Å². The van der Waals surface area contributed by atoms with Crippen molar-refractivity contribution in [2.45, 2.75) is 13.3 Å². The third-order valence-electron chi connectivity index (χ3n) is 1.90. The van der Waals surface area contributed by atoms with Crippen LogP contribution in [-0.4, -0.2) is 28.8 Å². The number of benzene rings is 1. The van der Waals surface area contributed by atoms with Crippen LogP contribution in [0.1, 0.15) is 34.1 Å². The summed E-state index contributed by atoms with van der Waals surface area (Å²) in [6.45, 7) is 2.07. The second-order valence-corrected chi connectivity index (χ2v) is 3.17. The van der Waals surface area contributed by atoms with Crippen molar-refractivity contribution in [3.63, 3.8) is 0 Å². The smallest absolute Gasteiger partial charge is 0.341 e. The summed E-state index contributed by atoms with van der Waals surface area (Å²) in [5.74, 6) is -2.17. The third-order valence-corrected chi connectivity index (χ3v) is 1.90. The van der Waals surface area contributed by atoms with Gasteiger partial charge >= 0.3 is 11.9 Å². The Kier molecular flexibility index (Phi) is 3.88. The van der Waals surface area contributed by atoms with Gasteiger partial charge in [-0.15, -0.1) is 0 Å². The number of rotatable bonds is 4. The number of carbonyl (C=O) groups excluding carboxylic acids is 1. The van der Waals surface area contributed by atoms with Gasteiger partial charge in [0.25, 0.3) is 0 Å². The fraction of sp³-hybridized carbons (Fsp3) is 0.273. The summed E-state index contributed by atoms with van der Waals surface area (Å²) < 4.78 is 4.80. The third kappa shape index (κ3) is 2.73. The van der Waals surface area contributed by atoms with Crippen molar-refractivity contribution in [1.29, 1.82) is 0 Å². The predicted octanol–water partition coefficient (Wildman–Crippen LogP) is 1.66. The van der Waals surface area contributed by atoms with Crippen molar-refractivity contribution in [3.8, 4) is 5.75 Å². The monoisotopic (exact) mass is 224 g/mol. The van der Waals surface area contributed by atoms with Gasteiger partial charge < -0.3 is 14.9 Å².